The fourth-order valence-corrected chi connectivity index (χ4v) is 4.57. The zero-order valence-electron chi connectivity index (χ0n) is 22.0. The van der Waals surface area contributed by atoms with Crippen molar-refractivity contribution in [1.29, 1.82) is 5.41 Å². The zero-order valence-corrected chi connectivity index (χ0v) is 23.8. The third-order valence-corrected chi connectivity index (χ3v) is 6.82. The van der Waals surface area contributed by atoms with Crippen molar-refractivity contribution in [3.63, 3.8) is 0 Å². The lowest BCUT2D eigenvalue weighted by atomic mass is 10.1. The van der Waals surface area contributed by atoms with Crippen molar-refractivity contribution >= 4 is 72.8 Å². The number of isocyanates is 1. The van der Waals surface area contributed by atoms with E-state index in [2.05, 4.69) is 40.9 Å². The van der Waals surface area contributed by atoms with Gasteiger partial charge in [0.15, 0.2) is 12.0 Å². The predicted molar refractivity (Wildman–Crippen MR) is 150 cm³/mol. The normalized spacial score (nSPS) is 17.2. The van der Waals surface area contributed by atoms with Crippen LogP contribution in [0.1, 0.15) is 32.1 Å². The maximum Gasteiger partial charge on any atom is 0.326 e. The fourth-order valence-electron chi connectivity index (χ4n) is 4.09. The summed E-state index contributed by atoms with van der Waals surface area (Å²) < 4.78 is 0. The lowest BCUT2D eigenvalue weighted by molar-refractivity contribution is -0.156. The van der Waals surface area contributed by atoms with Crippen molar-refractivity contribution in [3.05, 3.63) is 0 Å². The number of carbonyl (C=O) groups is 6. The predicted octanol–water partition coefficient (Wildman–Crippen LogP) is -3.70. The van der Waals surface area contributed by atoms with Crippen LogP contribution in [0.3, 0.4) is 0 Å². The Bertz CT molecular complexity index is 1070. The second kappa shape index (κ2) is 17.2. The molecule has 1 aliphatic heterocycles. The first-order valence-electron chi connectivity index (χ1n) is 12.4. The molecule has 0 aromatic heterocycles. The average Bonchev–Trinajstić information content (AvgIpc) is 3.41. The average molecular weight is 618 g/mol. The Kier molecular flexibility index (Phi) is 14.8. The van der Waals surface area contributed by atoms with E-state index in [1.807, 2.05) is 0 Å². The molecule has 17 nitrogen and oxygen atoms in total. The number of nitrogens with one attached hydrogen (secondary N) is 3. The van der Waals surface area contributed by atoms with Crippen LogP contribution in [-0.2, 0) is 33.6 Å². The molecule has 19 heteroatoms. The molecule has 0 bridgehead atoms. The van der Waals surface area contributed by atoms with Gasteiger partial charge in [-0.1, -0.05) is 0 Å². The molecule has 4 unspecified atom stereocenters. The molecule has 1 rings (SSSR count). The smallest absolute Gasteiger partial charge is 0.326 e. The first-order chi connectivity index (χ1) is 19.3. The third kappa shape index (κ3) is 10.3. The molecule has 0 saturated carbocycles. The Morgan fingerprint density at radius 1 is 1.15 bits per heavy atom. The van der Waals surface area contributed by atoms with E-state index in [1.165, 1.54) is 0 Å². The largest absolute Gasteiger partial charge is 0.480 e. The fraction of sp³-hybridized carbons (Fsp3) is 0.636. The Hall–Kier alpha value is -3.67. The number of carboxylic acids is 1. The number of nitrogens with zero attached hydrogens (tertiary/aromatic N) is 3. The molecule has 1 aliphatic rings. The van der Waals surface area contributed by atoms with E-state index in [9.17, 15) is 38.7 Å². The van der Waals surface area contributed by atoms with Gasteiger partial charge in [0.25, 0.3) is 5.91 Å². The van der Waals surface area contributed by atoms with E-state index in [-0.39, 0.29) is 44.1 Å². The van der Waals surface area contributed by atoms with E-state index in [4.69, 9.17) is 22.6 Å². The molecule has 1 saturated heterocycles. The van der Waals surface area contributed by atoms with Crippen LogP contribution in [0.25, 0.3) is 0 Å². The third-order valence-electron chi connectivity index (χ3n) is 6.08. The van der Waals surface area contributed by atoms with E-state index in [1.54, 1.807) is 0 Å². The lowest BCUT2D eigenvalue weighted by Gasteiger charge is -2.35. The Morgan fingerprint density at radius 3 is 2.32 bits per heavy atom. The standard InChI is InChI=1S/C22H35N9O8S2/c23-11(8-40)18(35)31(19(36)13(28-10-32)7-16(24)33)15(9-41)20(37)30-6-2-4-14(30)17(34)29-12(21(38)39)3-1-5-27-22(25)26/h11-15,40-41H,1-9,23H2,(H2,24,33)(H,29,34)(H,38,39)(H4,25,26,27)/t11?,12?,13?,14-,15?/m0/s1. The number of hydrogen-bond donors (Lipinski definition) is 9. The van der Waals surface area contributed by atoms with Gasteiger partial charge < -0.3 is 37.8 Å². The van der Waals surface area contributed by atoms with E-state index >= 15 is 0 Å². The van der Waals surface area contributed by atoms with Crippen LogP contribution in [0.4, 0.5) is 0 Å². The minimum atomic E-state index is -1.78. The van der Waals surface area contributed by atoms with Gasteiger partial charge in [0.2, 0.25) is 29.7 Å². The number of primary amides is 1. The number of amides is 5. The van der Waals surface area contributed by atoms with Crippen molar-refractivity contribution in [2.24, 2.45) is 22.2 Å². The summed E-state index contributed by atoms with van der Waals surface area (Å²) >= 11 is 8.08. The number of carboxylic acid groups (broad SMARTS) is 1. The molecule has 5 amide bonds. The summed E-state index contributed by atoms with van der Waals surface area (Å²) in [6.45, 7) is 0.234. The number of imide groups is 1. The Balaban J connectivity index is 3.27. The Morgan fingerprint density at radius 2 is 1.80 bits per heavy atom. The van der Waals surface area contributed by atoms with Crippen molar-refractivity contribution in [2.75, 3.05) is 24.6 Å². The van der Waals surface area contributed by atoms with Gasteiger partial charge in [-0.15, -0.1) is 0 Å². The number of rotatable bonds is 16. The van der Waals surface area contributed by atoms with Gasteiger partial charge in [0.05, 0.1) is 12.5 Å². The molecule has 5 atom stereocenters. The molecular weight excluding hydrogens is 582 g/mol. The minimum absolute atomic E-state index is 0.00180. The molecule has 41 heavy (non-hydrogen) atoms. The maximum absolute atomic E-state index is 13.7. The zero-order chi connectivity index (χ0) is 31.3. The molecule has 0 spiro atoms. The van der Waals surface area contributed by atoms with Crippen molar-refractivity contribution in [3.8, 4) is 0 Å². The Labute approximate surface area is 246 Å². The van der Waals surface area contributed by atoms with Gasteiger partial charge >= 0.3 is 5.97 Å². The van der Waals surface area contributed by atoms with Gasteiger partial charge in [-0.3, -0.25) is 34.3 Å². The SMILES string of the molecule is N=C(N)NCCCC(NC(=O)[C@@H]1CCCN1C(=O)C(CS)N(C(=O)C(N)CS)C(=O)C(CC(N)=O)N=C=O)C(=O)O. The number of carbonyl (C=O) groups excluding carboxylic acids is 6. The number of guanidine groups is 1. The number of likely N-dealkylation sites (tertiary alicyclic amines) is 1. The minimum Gasteiger partial charge on any atom is -0.480 e. The first kappa shape index (κ1) is 35.4. The highest BCUT2D eigenvalue weighted by molar-refractivity contribution is 7.80. The van der Waals surface area contributed by atoms with Crippen LogP contribution in [0.5, 0.6) is 0 Å². The first-order valence-corrected chi connectivity index (χ1v) is 13.7. The summed E-state index contributed by atoms with van der Waals surface area (Å²) in [4.78, 5) is 92.1. The summed E-state index contributed by atoms with van der Waals surface area (Å²) in [5, 5.41) is 21.6. The van der Waals surface area contributed by atoms with Gasteiger partial charge in [0, 0.05) is 24.6 Å². The second-order valence-electron chi connectivity index (χ2n) is 9.01. The second-order valence-corrected chi connectivity index (χ2v) is 9.74. The molecular formula is C22H35N9O8S2. The number of aliphatic imine (C=N–C) groups is 1. The highest BCUT2D eigenvalue weighted by atomic mass is 32.1. The van der Waals surface area contributed by atoms with Gasteiger partial charge in [-0.2, -0.15) is 30.2 Å². The van der Waals surface area contributed by atoms with Crippen LogP contribution in [-0.4, -0.2) is 117 Å². The topological polar surface area (TPSA) is 285 Å². The van der Waals surface area contributed by atoms with E-state index < -0.39 is 77.9 Å². The number of nitrogens with two attached hydrogens (primary N) is 3. The molecule has 0 aliphatic carbocycles. The summed E-state index contributed by atoms with van der Waals surface area (Å²) in [6.07, 6.45) is 1.12. The highest BCUT2D eigenvalue weighted by Gasteiger charge is 2.44. The summed E-state index contributed by atoms with van der Waals surface area (Å²) in [6, 6.07) is -7.23. The number of aliphatic carboxylic acids is 1. The van der Waals surface area contributed by atoms with Crippen LogP contribution in [0.2, 0.25) is 0 Å². The monoisotopic (exact) mass is 617 g/mol. The van der Waals surface area contributed by atoms with Gasteiger partial charge in [-0.25, -0.2) is 9.59 Å². The van der Waals surface area contributed by atoms with Crippen LogP contribution >= 0.6 is 25.3 Å². The molecule has 1 fully saturated rings. The van der Waals surface area contributed by atoms with Crippen molar-refractivity contribution in [1.82, 2.24) is 20.4 Å². The quantitative estimate of drug-likeness (QED) is 0.0267. The molecule has 1 heterocycles. The van der Waals surface area contributed by atoms with Crippen LogP contribution in [0.15, 0.2) is 4.99 Å². The highest BCUT2D eigenvalue weighted by Crippen LogP contribution is 2.22. The summed E-state index contributed by atoms with van der Waals surface area (Å²) in [5.41, 5.74) is 16.1. The maximum atomic E-state index is 13.7. The van der Waals surface area contributed by atoms with Gasteiger partial charge in [0.1, 0.15) is 18.1 Å². The molecule has 228 valence electrons. The van der Waals surface area contributed by atoms with Gasteiger partial charge in [-0.05, 0) is 25.7 Å². The molecule has 0 aromatic rings. The van der Waals surface area contributed by atoms with Crippen molar-refractivity contribution < 1.29 is 38.7 Å². The van der Waals surface area contributed by atoms with Crippen molar-refractivity contribution in [2.45, 2.75) is 62.3 Å². The molecule has 0 aromatic carbocycles. The van der Waals surface area contributed by atoms with Crippen LogP contribution in [0, 0.1) is 5.41 Å². The number of thiol groups is 2. The van der Waals surface area contributed by atoms with Crippen LogP contribution < -0.4 is 27.8 Å². The lowest BCUT2D eigenvalue weighted by Crippen LogP contribution is -2.61. The van der Waals surface area contributed by atoms with E-state index in [0.717, 1.165) is 11.0 Å². The summed E-state index contributed by atoms with van der Waals surface area (Å²) in [7, 11) is 0. The molecule has 10 N–H and O–H groups in total. The number of hydrogen-bond acceptors (Lipinski definition) is 12. The molecule has 0 radical (unpaired) electrons. The summed E-state index contributed by atoms with van der Waals surface area (Å²) in [5.74, 6) is -7.25. The van der Waals surface area contributed by atoms with E-state index in [0.29, 0.717) is 11.3 Å².